The highest BCUT2D eigenvalue weighted by Gasteiger charge is 2.22. The number of benzene rings is 1. The van der Waals surface area contributed by atoms with Gasteiger partial charge in [0.2, 0.25) is 0 Å². The number of methoxy groups -OCH3 is 1. The molecule has 0 aromatic heterocycles. The molecule has 0 spiro atoms. The second-order valence-corrected chi connectivity index (χ2v) is 6.75. The van der Waals surface area contributed by atoms with Crippen LogP contribution in [0.25, 0.3) is 0 Å². The lowest BCUT2D eigenvalue weighted by molar-refractivity contribution is 0.185. The van der Waals surface area contributed by atoms with E-state index in [9.17, 15) is 0 Å². The van der Waals surface area contributed by atoms with Crippen LogP contribution in [0.15, 0.2) is 22.7 Å². The molecule has 0 saturated carbocycles. The summed E-state index contributed by atoms with van der Waals surface area (Å²) >= 11 is 5.63. The molecule has 1 aliphatic rings. The quantitative estimate of drug-likeness (QED) is 0.910. The van der Waals surface area contributed by atoms with Gasteiger partial charge in [0, 0.05) is 39.9 Å². The number of thioether (sulfide) groups is 1. The molecule has 0 amide bonds. The third-order valence-corrected chi connectivity index (χ3v) is 5.06. The number of anilines is 1. The fourth-order valence-electron chi connectivity index (χ4n) is 2.12. The van der Waals surface area contributed by atoms with Crippen LogP contribution in [-0.4, -0.2) is 24.2 Å². The summed E-state index contributed by atoms with van der Waals surface area (Å²) in [6, 6.07) is 6.84. The second-order valence-electron chi connectivity index (χ2n) is 4.42. The van der Waals surface area contributed by atoms with Gasteiger partial charge in [-0.05, 0) is 18.6 Å². The molecule has 1 heterocycles. The maximum Gasteiger partial charge on any atom is 0.0744 e. The van der Waals surface area contributed by atoms with Crippen molar-refractivity contribution >= 4 is 33.4 Å². The van der Waals surface area contributed by atoms with Gasteiger partial charge in [-0.25, -0.2) is 0 Å². The first-order valence-corrected chi connectivity index (χ1v) is 7.69. The molecule has 1 aromatic rings. The molecule has 2 unspecified atom stereocenters. The van der Waals surface area contributed by atoms with Gasteiger partial charge in [-0.15, -0.1) is 0 Å². The van der Waals surface area contributed by atoms with Crippen molar-refractivity contribution < 1.29 is 4.74 Å². The van der Waals surface area contributed by atoms with Crippen molar-refractivity contribution in [3.05, 3.63) is 28.2 Å². The Kier molecular flexibility index (Phi) is 4.77. The lowest BCUT2D eigenvalue weighted by atomic mass is 10.1. The van der Waals surface area contributed by atoms with E-state index < -0.39 is 0 Å². The molecule has 0 radical (unpaired) electrons. The maximum atomic E-state index is 5.26. The highest BCUT2D eigenvalue weighted by atomic mass is 79.9. The molecule has 94 valence electrons. The van der Waals surface area contributed by atoms with Crippen molar-refractivity contribution in [3.63, 3.8) is 0 Å². The fourth-order valence-corrected chi connectivity index (χ4v) is 3.75. The Morgan fingerprint density at radius 3 is 3.00 bits per heavy atom. The van der Waals surface area contributed by atoms with Gasteiger partial charge in [0.25, 0.3) is 0 Å². The standard InChI is InChI=1S/C13H18BrNOS/c1-9-6-10(8-17-9)15-13-5-3-4-12(14)11(13)7-16-2/h3-5,9-10,15H,6-8H2,1-2H3. The van der Waals surface area contributed by atoms with Crippen molar-refractivity contribution in [3.8, 4) is 0 Å². The van der Waals surface area contributed by atoms with Crippen molar-refractivity contribution in [1.82, 2.24) is 0 Å². The van der Waals surface area contributed by atoms with Crippen LogP contribution < -0.4 is 5.32 Å². The van der Waals surface area contributed by atoms with E-state index >= 15 is 0 Å². The number of halogens is 1. The van der Waals surface area contributed by atoms with Gasteiger partial charge >= 0.3 is 0 Å². The zero-order valence-electron chi connectivity index (χ0n) is 10.2. The van der Waals surface area contributed by atoms with E-state index in [1.807, 2.05) is 11.8 Å². The van der Waals surface area contributed by atoms with Gasteiger partial charge in [-0.3, -0.25) is 0 Å². The summed E-state index contributed by atoms with van der Waals surface area (Å²) in [4.78, 5) is 0. The van der Waals surface area contributed by atoms with E-state index in [-0.39, 0.29) is 0 Å². The summed E-state index contributed by atoms with van der Waals surface area (Å²) in [6.45, 7) is 2.93. The van der Waals surface area contributed by atoms with Crippen molar-refractivity contribution in [2.24, 2.45) is 0 Å². The lowest BCUT2D eigenvalue weighted by Gasteiger charge is -2.17. The van der Waals surface area contributed by atoms with Crippen LogP contribution in [0, 0.1) is 0 Å². The van der Waals surface area contributed by atoms with Crippen LogP contribution in [0.3, 0.4) is 0 Å². The molecule has 2 nitrogen and oxygen atoms in total. The van der Waals surface area contributed by atoms with Crippen molar-refractivity contribution in [2.75, 3.05) is 18.2 Å². The highest BCUT2D eigenvalue weighted by molar-refractivity contribution is 9.10. The molecule has 1 aromatic carbocycles. The van der Waals surface area contributed by atoms with Gasteiger partial charge in [-0.2, -0.15) is 11.8 Å². The number of rotatable bonds is 4. The van der Waals surface area contributed by atoms with E-state index in [1.165, 1.54) is 23.4 Å². The summed E-state index contributed by atoms with van der Waals surface area (Å²) in [5.41, 5.74) is 2.40. The molecule has 1 N–H and O–H groups in total. The van der Waals surface area contributed by atoms with E-state index in [0.717, 1.165) is 9.72 Å². The minimum Gasteiger partial charge on any atom is -0.381 e. The maximum absolute atomic E-state index is 5.26. The van der Waals surface area contributed by atoms with Gasteiger partial charge in [-0.1, -0.05) is 28.9 Å². The molecule has 1 fully saturated rings. The van der Waals surface area contributed by atoms with Crippen LogP contribution in [0.4, 0.5) is 5.69 Å². The van der Waals surface area contributed by atoms with Gasteiger partial charge in [0.05, 0.1) is 6.61 Å². The Hall–Kier alpha value is -0.190. The zero-order valence-corrected chi connectivity index (χ0v) is 12.6. The Morgan fingerprint density at radius 2 is 2.35 bits per heavy atom. The van der Waals surface area contributed by atoms with Crippen LogP contribution in [0.1, 0.15) is 18.9 Å². The summed E-state index contributed by atoms with van der Waals surface area (Å²) < 4.78 is 6.37. The average Bonchev–Trinajstić information content (AvgIpc) is 2.69. The monoisotopic (exact) mass is 315 g/mol. The number of nitrogens with one attached hydrogen (secondary N) is 1. The topological polar surface area (TPSA) is 21.3 Å². The molecule has 1 saturated heterocycles. The minimum atomic E-state index is 0.583. The van der Waals surface area contributed by atoms with Gasteiger partial charge in [0.15, 0.2) is 0 Å². The van der Waals surface area contributed by atoms with Crippen LogP contribution in [0.2, 0.25) is 0 Å². The van der Waals surface area contributed by atoms with Crippen LogP contribution >= 0.6 is 27.7 Å². The molecular formula is C13H18BrNOS. The summed E-state index contributed by atoms with van der Waals surface area (Å²) in [5, 5.41) is 4.40. The molecule has 4 heteroatoms. The number of hydrogen-bond acceptors (Lipinski definition) is 3. The number of ether oxygens (including phenoxy) is 1. The third-order valence-electron chi connectivity index (χ3n) is 2.97. The predicted molar refractivity (Wildman–Crippen MR) is 78.8 cm³/mol. The fraction of sp³-hybridized carbons (Fsp3) is 0.538. The Labute approximate surface area is 116 Å². The highest BCUT2D eigenvalue weighted by Crippen LogP contribution is 2.31. The largest absolute Gasteiger partial charge is 0.381 e. The molecule has 17 heavy (non-hydrogen) atoms. The van der Waals surface area contributed by atoms with Crippen LogP contribution in [0.5, 0.6) is 0 Å². The van der Waals surface area contributed by atoms with Gasteiger partial charge < -0.3 is 10.1 Å². The smallest absolute Gasteiger partial charge is 0.0744 e. The zero-order chi connectivity index (χ0) is 12.3. The van der Waals surface area contributed by atoms with E-state index in [4.69, 9.17) is 4.74 Å². The Balaban J connectivity index is 2.11. The molecule has 1 aliphatic heterocycles. The van der Waals surface area contributed by atoms with E-state index in [1.54, 1.807) is 7.11 Å². The number of hydrogen-bond donors (Lipinski definition) is 1. The third kappa shape index (κ3) is 3.39. The van der Waals surface area contributed by atoms with E-state index in [2.05, 4.69) is 46.4 Å². The Bertz CT molecular complexity index is 386. The van der Waals surface area contributed by atoms with Gasteiger partial charge in [0.1, 0.15) is 0 Å². The molecular weight excluding hydrogens is 298 g/mol. The summed E-state index contributed by atoms with van der Waals surface area (Å²) in [6.07, 6.45) is 1.24. The van der Waals surface area contributed by atoms with Crippen molar-refractivity contribution in [1.29, 1.82) is 0 Å². The average molecular weight is 316 g/mol. The molecule has 0 bridgehead atoms. The Morgan fingerprint density at radius 1 is 1.53 bits per heavy atom. The first kappa shape index (κ1) is 13.2. The normalized spacial score (nSPS) is 23.9. The minimum absolute atomic E-state index is 0.583. The predicted octanol–water partition coefficient (Wildman–Crippen LogP) is 3.90. The van der Waals surface area contributed by atoms with Crippen molar-refractivity contribution in [2.45, 2.75) is 31.2 Å². The second kappa shape index (κ2) is 6.12. The van der Waals surface area contributed by atoms with Crippen LogP contribution in [-0.2, 0) is 11.3 Å². The van der Waals surface area contributed by atoms with E-state index in [0.29, 0.717) is 12.6 Å². The molecule has 0 aliphatic carbocycles. The lowest BCUT2D eigenvalue weighted by Crippen LogP contribution is -2.20. The molecule has 2 atom stereocenters. The first-order chi connectivity index (χ1) is 8.20. The summed E-state index contributed by atoms with van der Waals surface area (Å²) in [5.74, 6) is 1.19. The first-order valence-electron chi connectivity index (χ1n) is 5.85. The summed E-state index contributed by atoms with van der Waals surface area (Å²) in [7, 11) is 1.73. The SMILES string of the molecule is COCc1c(Br)cccc1NC1CSC(C)C1. The molecule has 2 rings (SSSR count).